The molecule has 0 aliphatic heterocycles. The Hall–Kier alpha value is -3.03. The topological polar surface area (TPSA) is 134 Å². The van der Waals surface area contributed by atoms with Gasteiger partial charge in [0.15, 0.2) is 0 Å². The van der Waals surface area contributed by atoms with Crippen LogP contribution < -0.4 is 19.5 Å². The maximum atomic E-state index is 12.8. The number of carbonyl (C=O) groups is 1. The van der Waals surface area contributed by atoms with Crippen LogP contribution in [0.25, 0.3) is 0 Å². The molecule has 1 atom stereocenters. The first-order valence-electron chi connectivity index (χ1n) is 9.17. The summed E-state index contributed by atoms with van der Waals surface area (Å²) in [6.45, 7) is 1.08. The van der Waals surface area contributed by atoms with E-state index in [0.717, 1.165) is 18.2 Å². The Morgan fingerprint density at radius 3 is 2.50 bits per heavy atom. The van der Waals surface area contributed by atoms with Crippen LogP contribution in [0.2, 0.25) is 0 Å². The summed E-state index contributed by atoms with van der Waals surface area (Å²) < 4.78 is 74.1. The Morgan fingerprint density at radius 1 is 1.16 bits per heavy atom. The van der Waals surface area contributed by atoms with E-state index in [4.69, 9.17) is 9.84 Å². The molecule has 0 aliphatic carbocycles. The van der Waals surface area contributed by atoms with Gasteiger partial charge in [-0.25, -0.2) is 8.42 Å². The van der Waals surface area contributed by atoms with E-state index < -0.39 is 40.8 Å². The monoisotopic (exact) mass is 478 g/mol. The minimum absolute atomic E-state index is 0.0814. The normalized spacial score (nSPS) is 12.7. The second-order valence-corrected chi connectivity index (χ2v) is 8.02. The molecule has 0 aliphatic rings. The van der Waals surface area contributed by atoms with Crippen LogP contribution in [-0.2, 0) is 14.8 Å². The summed E-state index contributed by atoms with van der Waals surface area (Å²) in [4.78, 5) is 11.5. The Morgan fingerprint density at radius 2 is 1.88 bits per heavy atom. The fraction of sp³-hybridized carbons (Fsp3) is 0.316. The Kier molecular flexibility index (Phi) is 8.30. The van der Waals surface area contributed by atoms with Gasteiger partial charge in [-0.2, -0.15) is 0 Å². The second kappa shape index (κ2) is 10.5. The van der Waals surface area contributed by atoms with Crippen molar-refractivity contribution in [2.45, 2.75) is 30.7 Å². The van der Waals surface area contributed by atoms with E-state index in [1.54, 1.807) is 6.92 Å². The number of aliphatic hydroxyl groups is 2. The Balaban J connectivity index is 2.27. The van der Waals surface area contributed by atoms with Crippen LogP contribution in [0.1, 0.15) is 13.3 Å². The zero-order valence-electron chi connectivity index (χ0n) is 16.7. The molecule has 0 aromatic heterocycles. The number of sulfonamides is 1. The van der Waals surface area contributed by atoms with Crippen LogP contribution >= 0.6 is 0 Å². The van der Waals surface area contributed by atoms with E-state index in [1.165, 1.54) is 24.3 Å². The molecule has 0 saturated carbocycles. The average molecular weight is 478 g/mol. The summed E-state index contributed by atoms with van der Waals surface area (Å²) in [5.74, 6) is -1.35. The first-order chi connectivity index (χ1) is 14.9. The molecule has 1 amide bonds. The zero-order valence-corrected chi connectivity index (χ0v) is 17.5. The van der Waals surface area contributed by atoms with E-state index in [2.05, 4.69) is 14.8 Å². The summed E-state index contributed by atoms with van der Waals surface area (Å²) in [5.41, 5.74) is -0.00677. The van der Waals surface area contributed by atoms with Crippen LogP contribution in [0.5, 0.6) is 11.5 Å². The van der Waals surface area contributed by atoms with E-state index in [0.29, 0.717) is 0 Å². The number of carbonyl (C=O) groups excluding carboxylic acids is 1. The highest BCUT2D eigenvalue weighted by Crippen LogP contribution is 2.31. The van der Waals surface area contributed by atoms with E-state index in [-0.39, 0.29) is 35.0 Å². The molecule has 0 fully saturated rings. The van der Waals surface area contributed by atoms with Gasteiger partial charge in [0.05, 0.1) is 31.4 Å². The molecule has 2 aromatic carbocycles. The highest BCUT2D eigenvalue weighted by molar-refractivity contribution is 7.92. The molecule has 9 nitrogen and oxygen atoms in total. The number of nitrogens with one attached hydrogen (secondary N) is 2. The third kappa shape index (κ3) is 7.59. The van der Waals surface area contributed by atoms with Crippen molar-refractivity contribution in [2.75, 3.05) is 23.3 Å². The molecule has 32 heavy (non-hydrogen) atoms. The minimum Gasteiger partial charge on any atom is -0.492 e. The van der Waals surface area contributed by atoms with Gasteiger partial charge in [0.2, 0.25) is 5.91 Å². The van der Waals surface area contributed by atoms with E-state index >= 15 is 0 Å². The number of ether oxygens (including phenoxy) is 2. The molecule has 0 heterocycles. The van der Waals surface area contributed by atoms with E-state index in [1.807, 2.05) is 0 Å². The molecule has 4 N–H and O–H groups in total. The number of hydrogen-bond acceptors (Lipinski definition) is 7. The predicted octanol–water partition coefficient (Wildman–Crippen LogP) is 2.47. The highest BCUT2D eigenvalue weighted by Gasteiger charge is 2.31. The third-order valence-corrected chi connectivity index (χ3v) is 5.19. The van der Waals surface area contributed by atoms with Crippen LogP contribution in [0.4, 0.5) is 24.5 Å². The number of rotatable bonds is 10. The minimum atomic E-state index is -4.94. The predicted molar refractivity (Wildman–Crippen MR) is 108 cm³/mol. The lowest BCUT2D eigenvalue weighted by molar-refractivity contribution is -0.274. The quantitative estimate of drug-likeness (QED) is 0.412. The van der Waals surface area contributed by atoms with Gasteiger partial charge < -0.3 is 25.0 Å². The zero-order chi connectivity index (χ0) is 23.9. The smallest absolute Gasteiger partial charge is 0.492 e. The molecule has 1 unspecified atom stereocenters. The lowest BCUT2D eigenvalue weighted by Crippen LogP contribution is -2.22. The lowest BCUT2D eigenvalue weighted by Gasteiger charge is -2.15. The maximum absolute atomic E-state index is 12.8. The fourth-order valence-electron chi connectivity index (χ4n) is 2.53. The van der Waals surface area contributed by atoms with Gasteiger partial charge in [-0.1, -0.05) is 6.07 Å². The molecule has 0 spiro atoms. The van der Waals surface area contributed by atoms with Gasteiger partial charge in [-0.3, -0.25) is 9.52 Å². The van der Waals surface area contributed by atoms with Crippen molar-refractivity contribution in [2.24, 2.45) is 0 Å². The summed E-state index contributed by atoms with van der Waals surface area (Å²) in [6.07, 6.45) is -6.56. The number of halogens is 3. The van der Waals surface area contributed by atoms with Crippen molar-refractivity contribution in [1.82, 2.24) is 0 Å². The number of hydrogen-bond donors (Lipinski definition) is 4. The molecular formula is C19H21F3N2O7S. The molecular weight excluding hydrogens is 457 g/mol. The molecule has 0 saturated heterocycles. The molecule has 13 heteroatoms. The molecule has 2 aromatic rings. The van der Waals surface area contributed by atoms with Gasteiger partial charge in [0.25, 0.3) is 10.0 Å². The SMILES string of the molecule is CCOc1cc(NC(=O)CC(O)CO)ccc1S(=O)(=O)Nc1cccc(OC(F)(F)F)c1. The number of anilines is 2. The summed E-state index contributed by atoms with van der Waals surface area (Å²) in [6, 6.07) is 7.95. The van der Waals surface area contributed by atoms with Gasteiger partial charge in [-0.15, -0.1) is 13.2 Å². The number of aliphatic hydroxyl groups excluding tert-OH is 2. The first-order valence-corrected chi connectivity index (χ1v) is 10.7. The molecule has 0 radical (unpaired) electrons. The third-order valence-electron chi connectivity index (χ3n) is 3.77. The van der Waals surface area contributed by atoms with Crippen molar-refractivity contribution in [3.8, 4) is 11.5 Å². The van der Waals surface area contributed by atoms with Crippen molar-refractivity contribution >= 4 is 27.3 Å². The van der Waals surface area contributed by atoms with Crippen LogP contribution in [-0.4, -0.2) is 50.2 Å². The Labute approximate surface area is 181 Å². The largest absolute Gasteiger partial charge is 0.573 e. The fourth-order valence-corrected chi connectivity index (χ4v) is 3.71. The van der Waals surface area contributed by atoms with Crippen molar-refractivity contribution in [3.05, 3.63) is 42.5 Å². The van der Waals surface area contributed by atoms with Crippen LogP contribution in [0.15, 0.2) is 47.4 Å². The number of alkyl halides is 3. The first kappa shape index (κ1) is 25.2. The Bertz CT molecular complexity index is 1050. The van der Waals surface area contributed by atoms with Gasteiger partial charge >= 0.3 is 6.36 Å². The van der Waals surface area contributed by atoms with Crippen molar-refractivity contribution in [3.63, 3.8) is 0 Å². The van der Waals surface area contributed by atoms with Gasteiger partial charge in [0.1, 0.15) is 16.4 Å². The van der Waals surface area contributed by atoms with Gasteiger partial charge in [0, 0.05) is 17.8 Å². The maximum Gasteiger partial charge on any atom is 0.573 e. The van der Waals surface area contributed by atoms with Crippen molar-refractivity contribution < 1.29 is 46.1 Å². The van der Waals surface area contributed by atoms with E-state index in [9.17, 15) is 31.5 Å². The average Bonchev–Trinajstić information content (AvgIpc) is 2.66. The summed E-state index contributed by atoms with van der Waals surface area (Å²) >= 11 is 0. The molecule has 2 rings (SSSR count). The standard InChI is InChI=1S/C19H21F3N2O7S/c1-2-30-16-9-12(23-18(27)10-14(26)11-25)6-7-17(16)32(28,29)24-13-4-3-5-15(8-13)31-19(20,21)22/h3-9,14,24-26H,2,10-11H2,1H3,(H,23,27). The van der Waals surface area contributed by atoms with Crippen molar-refractivity contribution in [1.29, 1.82) is 0 Å². The van der Waals surface area contributed by atoms with Crippen LogP contribution in [0.3, 0.4) is 0 Å². The second-order valence-electron chi connectivity index (χ2n) is 6.36. The number of amides is 1. The lowest BCUT2D eigenvalue weighted by atomic mass is 10.2. The summed E-state index contributed by atoms with van der Waals surface area (Å²) in [5, 5.41) is 20.6. The highest BCUT2D eigenvalue weighted by atomic mass is 32.2. The summed E-state index contributed by atoms with van der Waals surface area (Å²) in [7, 11) is -4.29. The molecule has 176 valence electrons. The van der Waals surface area contributed by atoms with Gasteiger partial charge in [-0.05, 0) is 31.2 Å². The number of benzene rings is 2. The molecule has 0 bridgehead atoms. The van der Waals surface area contributed by atoms with Crippen LogP contribution in [0, 0.1) is 0 Å².